The Balaban J connectivity index is 2.31. The van der Waals surface area contributed by atoms with Crippen LogP contribution in [-0.2, 0) is 0 Å². The summed E-state index contributed by atoms with van der Waals surface area (Å²) in [5.41, 5.74) is 3.40. The second-order valence-corrected chi connectivity index (χ2v) is 5.65. The lowest BCUT2D eigenvalue weighted by molar-refractivity contribution is 1.49. The second-order valence-electron chi connectivity index (χ2n) is 5.65. The molecule has 0 atom stereocenters. The molecule has 2 nitrogen and oxygen atoms in total. The molecular weight excluding hydrogens is 292 g/mol. The van der Waals surface area contributed by atoms with E-state index in [1.165, 1.54) is 0 Å². The van der Waals surface area contributed by atoms with Gasteiger partial charge >= 0.3 is 0 Å². The van der Waals surface area contributed by atoms with Crippen molar-refractivity contribution in [1.82, 2.24) is 0 Å². The number of rotatable bonds is 1. The molecular formula is C22H12N2. The molecule has 2 heteroatoms. The zero-order valence-electron chi connectivity index (χ0n) is 12.8. The number of hydrogen-bond donors (Lipinski definition) is 0. The SMILES string of the molecule is N#Cc1ccc2c(C#N)c3ccccc3c(-c3ccccc3)c2c1. The third-order valence-corrected chi connectivity index (χ3v) is 4.33. The van der Waals surface area contributed by atoms with Crippen LogP contribution in [-0.4, -0.2) is 0 Å². The maximum absolute atomic E-state index is 9.71. The highest BCUT2D eigenvalue weighted by molar-refractivity contribution is 6.16. The number of benzene rings is 4. The Morgan fingerprint density at radius 1 is 0.583 bits per heavy atom. The minimum absolute atomic E-state index is 0.596. The molecule has 0 aliphatic rings. The van der Waals surface area contributed by atoms with Crippen LogP contribution < -0.4 is 0 Å². The Hall–Kier alpha value is -3.62. The van der Waals surface area contributed by atoms with E-state index in [0.717, 1.165) is 32.7 Å². The lowest BCUT2D eigenvalue weighted by Crippen LogP contribution is -1.91. The first-order valence-electron chi connectivity index (χ1n) is 7.67. The van der Waals surface area contributed by atoms with Crippen LogP contribution in [0.25, 0.3) is 32.7 Å². The van der Waals surface area contributed by atoms with Crippen LogP contribution in [0.3, 0.4) is 0 Å². The third-order valence-electron chi connectivity index (χ3n) is 4.33. The fourth-order valence-electron chi connectivity index (χ4n) is 3.28. The van der Waals surface area contributed by atoms with Gasteiger partial charge in [0.25, 0.3) is 0 Å². The molecule has 4 rings (SSSR count). The molecule has 0 spiro atoms. The summed E-state index contributed by atoms with van der Waals surface area (Å²) in [6, 6.07) is 28.1. The van der Waals surface area contributed by atoms with Crippen LogP contribution in [0.2, 0.25) is 0 Å². The van der Waals surface area contributed by atoms with E-state index in [9.17, 15) is 10.5 Å². The predicted octanol–water partition coefficient (Wildman–Crippen LogP) is 5.40. The fraction of sp³-hybridized carbons (Fsp3) is 0. The molecule has 0 radical (unpaired) electrons. The van der Waals surface area contributed by atoms with Gasteiger partial charge in [0.15, 0.2) is 0 Å². The minimum Gasteiger partial charge on any atom is -0.192 e. The monoisotopic (exact) mass is 304 g/mol. The normalized spacial score (nSPS) is 10.4. The molecule has 110 valence electrons. The molecule has 0 amide bonds. The van der Waals surface area contributed by atoms with Crippen LogP contribution in [0.1, 0.15) is 11.1 Å². The highest BCUT2D eigenvalue weighted by atomic mass is 14.3. The summed E-state index contributed by atoms with van der Waals surface area (Å²) >= 11 is 0. The van der Waals surface area contributed by atoms with Crippen LogP contribution in [0.4, 0.5) is 0 Å². The number of fused-ring (bicyclic) bond motifs is 2. The van der Waals surface area contributed by atoms with Crippen LogP contribution >= 0.6 is 0 Å². The summed E-state index contributed by atoms with van der Waals surface area (Å²) in [5.74, 6) is 0. The molecule has 0 N–H and O–H groups in total. The van der Waals surface area contributed by atoms with Gasteiger partial charge in [-0.15, -0.1) is 0 Å². The Morgan fingerprint density at radius 3 is 1.96 bits per heavy atom. The topological polar surface area (TPSA) is 47.6 Å². The van der Waals surface area contributed by atoms with Gasteiger partial charge in [-0.3, -0.25) is 0 Å². The summed E-state index contributed by atoms with van der Waals surface area (Å²) in [5, 5.41) is 22.8. The van der Waals surface area contributed by atoms with Crippen molar-refractivity contribution in [3.63, 3.8) is 0 Å². The van der Waals surface area contributed by atoms with Crippen molar-refractivity contribution in [2.24, 2.45) is 0 Å². The quantitative estimate of drug-likeness (QED) is 0.442. The average Bonchev–Trinajstić information content (AvgIpc) is 2.66. The lowest BCUT2D eigenvalue weighted by Gasteiger charge is -2.14. The van der Waals surface area contributed by atoms with Gasteiger partial charge in [-0.25, -0.2) is 0 Å². The Labute approximate surface area is 139 Å². The smallest absolute Gasteiger partial charge is 0.100 e. The molecule has 4 aromatic carbocycles. The third kappa shape index (κ3) is 2.02. The zero-order valence-corrected chi connectivity index (χ0v) is 12.8. The van der Waals surface area contributed by atoms with E-state index >= 15 is 0 Å². The first-order valence-corrected chi connectivity index (χ1v) is 7.67. The first-order chi connectivity index (χ1) is 11.8. The summed E-state index contributed by atoms with van der Waals surface area (Å²) in [7, 11) is 0. The van der Waals surface area contributed by atoms with Crippen LogP contribution in [0.15, 0.2) is 72.8 Å². The van der Waals surface area contributed by atoms with Gasteiger partial charge in [0.05, 0.1) is 17.2 Å². The van der Waals surface area contributed by atoms with Crippen molar-refractivity contribution < 1.29 is 0 Å². The van der Waals surface area contributed by atoms with Crippen molar-refractivity contribution >= 4 is 21.5 Å². The molecule has 0 unspecified atom stereocenters. The van der Waals surface area contributed by atoms with Gasteiger partial charge in [0, 0.05) is 10.8 Å². The molecule has 24 heavy (non-hydrogen) atoms. The molecule has 0 saturated heterocycles. The van der Waals surface area contributed by atoms with Crippen LogP contribution in [0.5, 0.6) is 0 Å². The maximum Gasteiger partial charge on any atom is 0.100 e. The van der Waals surface area contributed by atoms with Crippen molar-refractivity contribution in [2.45, 2.75) is 0 Å². The molecule has 0 fully saturated rings. The van der Waals surface area contributed by atoms with E-state index in [1.54, 1.807) is 6.07 Å². The van der Waals surface area contributed by atoms with Crippen molar-refractivity contribution in [3.8, 4) is 23.3 Å². The van der Waals surface area contributed by atoms with E-state index in [-0.39, 0.29) is 0 Å². The fourth-order valence-corrected chi connectivity index (χ4v) is 3.28. The molecule has 0 heterocycles. The van der Waals surface area contributed by atoms with E-state index in [2.05, 4.69) is 24.3 Å². The van der Waals surface area contributed by atoms with Crippen molar-refractivity contribution in [3.05, 3.63) is 83.9 Å². The van der Waals surface area contributed by atoms with Crippen molar-refractivity contribution in [1.29, 1.82) is 10.5 Å². The van der Waals surface area contributed by atoms with Gasteiger partial charge in [-0.1, -0.05) is 60.7 Å². The summed E-state index contributed by atoms with van der Waals surface area (Å²) in [4.78, 5) is 0. The van der Waals surface area contributed by atoms with Gasteiger partial charge in [-0.2, -0.15) is 10.5 Å². The number of nitriles is 2. The van der Waals surface area contributed by atoms with E-state index in [0.29, 0.717) is 11.1 Å². The highest BCUT2D eigenvalue weighted by Crippen LogP contribution is 2.39. The largest absolute Gasteiger partial charge is 0.192 e. The Kier molecular flexibility index (Phi) is 3.23. The maximum atomic E-state index is 9.71. The lowest BCUT2D eigenvalue weighted by atomic mass is 9.88. The van der Waals surface area contributed by atoms with Crippen LogP contribution in [0, 0.1) is 22.7 Å². The van der Waals surface area contributed by atoms with E-state index in [4.69, 9.17) is 0 Å². The van der Waals surface area contributed by atoms with E-state index < -0.39 is 0 Å². The van der Waals surface area contributed by atoms with E-state index in [1.807, 2.05) is 54.6 Å². The Bertz CT molecular complexity index is 1160. The summed E-state index contributed by atoms with van der Waals surface area (Å²) in [6.45, 7) is 0. The molecule has 0 saturated carbocycles. The average molecular weight is 304 g/mol. The minimum atomic E-state index is 0.596. The van der Waals surface area contributed by atoms with Crippen molar-refractivity contribution in [2.75, 3.05) is 0 Å². The standard InChI is InChI=1S/C22H12N2/c23-13-15-10-11-18-20(12-15)22(16-6-2-1-3-7-16)19-9-5-4-8-17(19)21(18)14-24/h1-12H. The molecule has 0 aliphatic heterocycles. The zero-order chi connectivity index (χ0) is 16.5. The first kappa shape index (κ1) is 14.0. The van der Waals surface area contributed by atoms with Gasteiger partial charge in [0.2, 0.25) is 0 Å². The summed E-state index contributed by atoms with van der Waals surface area (Å²) < 4.78 is 0. The van der Waals surface area contributed by atoms with Gasteiger partial charge in [-0.05, 0) is 34.0 Å². The van der Waals surface area contributed by atoms with Gasteiger partial charge < -0.3 is 0 Å². The second kappa shape index (κ2) is 5.54. The summed E-state index contributed by atoms with van der Waals surface area (Å²) in [6.07, 6.45) is 0. The Morgan fingerprint density at radius 2 is 1.25 bits per heavy atom. The number of hydrogen-bond acceptors (Lipinski definition) is 2. The number of nitrogens with zero attached hydrogens (tertiary/aromatic N) is 2. The predicted molar refractivity (Wildman–Crippen MR) is 96.3 cm³/mol. The molecule has 0 bridgehead atoms. The highest BCUT2D eigenvalue weighted by Gasteiger charge is 2.15. The van der Waals surface area contributed by atoms with Gasteiger partial charge in [0.1, 0.15) is 6.07 Å². The molecule has 0 aliphatic carbocycles. The molecule has 0 aromatic heterocycles. The molecule has 4 aromatic rings.